The predicted octanol–water partition coefficient (Wildman–Crippen LogP) is 5.69. The Hall–Kier alpha value is -1.62. The van der Waals surface area contributed by atoms with Crippen molar-refractivity contribution in [1.29, 1.82) is 0 Å². The van der Waals surface area contributed by atoms with Crippen LogP contribution in [0.4, 0.5) is 5.69 Å². The van der Waals surface area contributed by atoms with Crippen LogP contribution in [0.1, 0.15) is 63.5 Å². The summed E-state index contributed by atoms with van der Waals surface area (Å²) in [6.45, 7) is 6.84. The number of carbonyl (C=O) groups is 1. The molecule has 1 aromatic carbocycles. The van der Waals surface area contributed by atoms with Gasteiger partial charge in [-0.15, -0.1) is 0 Å². The van der Waals surface area contributed by atoms with Gasteiger partial charge < -0.3 is 10.6 Å². The molecule has 2 aliphatic heterocycles. The van der Waals surface area contributed by atoms with Gasteiger partial charge >= 0.3 is 0 Å². The number of fused-ring (bicyclic) bond motifs is 3. The zero-order valence-corrected chi connectivity index (χ0v) is 19.1. The molecule has 4 nitrogen and oxygen atoms in total. The number of hydrogen-bond donors (Lipinski definition) is 2. The van der Waals surface area contributed by atoms with Crippen molar-refractivity contribution in [3.05, 3.63) is 57.8 Å². The predicted molar refractivity (Wildman–Crippen MR) is 121 cm³/mol. The quantitative estimate of drug-likeness (QED) is 0.556. The highest BCUT2D eigenvalue weighted by Gasteiger charge is 2.70. The third-order valence-electron chi connectivity index (χ3n) is 7.80. The number of aromatic nitrogens is 1. The van der Waals surface area contributed by atoms with Crippen molar-refractivity contribution in [2.45, 2.75) is 69.4 Å². The molecule has 1 saturated heterocycles. The lowest BCUT2D eigenvalue weighted by Gasteiger charge is -2.50. The van der Waals surface area contributed by atoms with Crippen LogP contribution >= 0.6 is 23.2 Å². The number of carbonyl (C=O) groups excluding carboxylic acids is 1. The fourth-order valence-corrected chi connectivity index (χ4v) is 6.79. The van der Waals surface area contributed by atoms with E-state index in [4.69, 9.17) is 23.2 Å². The van der Waals surface area contributed by atoms with Crippen LogP contribution in [0.3, 0.4) is 0 Å². The van der Waals surface area contributed by atoms with Gasteiger partial charge in [0.1, 0.15) is 10.6 Å². The van der Waals surface area contributed by atoms with E-state index >= 15 is 0 Å². The van der Waals surface area contributed by atoms with Crippen molar-refractivity contribution >= 4 is 34.8 Å². The van der Waals surface area contributed by atoms with Crippen LogP contribution in [-0.2, 0) is 10.2 Å². The number of halogens is 2. The number of pyridine rings is 1. The summed E-state index contributed by atoms with van der Waals surface area (Å²) >= 11 is 12.6. The van der Waals surface area contributed by atoms with Crippen LogP contribution in [0.25, 0.3) is 0 Å². The fraction of sp³-hybridized carbons (Fsp3) is 0.500. The molecule has 0 bridgehead atoms. The molecule has 0 radical (unpaired) electrons. The van der Waals surface area contributed by atoms with Crippen molar-refractivity contribution in [1.82, 2.24) is 10.3 Å². The van der Waals surface area contributed by atoms with Gasteiger partial charge in [0.25, 0.3) is 0 Å². The number of rotatable bonds is 1. The van der Waals surface area contributed by atoms with Gasteiger partial charge in [-0.05, 0) is 73.4 Å². The maximum atomic E-state index is 14.0. The topological polar surface area (TPSA) is 54.0 Å². The molecular formula is C24H27Cl2N3O. The number of hydrogen-bond acceptors (Lipinski definition) is 3. The van der Waals surface area contributed by atoms with E-state index in [0.717, 1.165) is 42.5 Å². The summed E-state index contributed by atoms with van der Waals surface area (Å²) in [6, 6.07) is 9.86. The third-order valence-corrected chi connectivity index (χ3v) is 8.25. The van der Waals surface area contributed by atoms with Crippen LogP contribution in [0, 0.1) is 5.41 Å². The van der Waals surface area contributed by atoms with Gasteiger partial charge in [0, 0.05) is 34.4 Å². The summed E-state index contributed by atoms with van der Waals surface area (Å²) in [4.78, 5) is 18.1. The van der Waals surface area contributed by atoms with Crippen LogP contribution in [0.2, 0.25) is 10.2 Å². The molecule has 2 fully saturated rings. The average Bonchev–Trinajstić information content (AvgIpc) is 3.10. The molecule has 1 aliphatic carbocycles. The normalized spacial score (nSPS) is 31.2. The highest BCUT2D eigenvalue weighted by atomic mass is 35.5. The highest BCUT2D eigenvalue weighted by Crippen LogP contribution is 2.63. The number of nitrogens with one attached hydrogen (secondary N) is 2. The van der Waals surface area contributed by atoms with E-state index in [0.29, 0.717) is 10.2 Å². The van der Waals surface area contributed by atoms with E-state index in [1.165, 1.54) is 0 Å². The minimum atomic E-state index is -0.715. The zero-order chi connectivity index (χ0) is 21.3. The minimum absolute atomic E-state index is 0.0540. The van der Waals surface area contributed by atoms with Crippen LogP contribution in [-0.4, -0.2) is 22.5 Å². The first-order valence-corrected chi connectivity index (χ1v) is 11.4. The zero-order valence-electron chi connectivity index (χ0n) is 17.6. The third kappa shape index (κ3) is 2.70. The number of amides is 1. The second kappa shape index (κ2) is 6.69. The Morgan fingerprint density at radius 2 is 1.80 bits per heavy atom. The largest absolute Gasteiger partial charge is 0.325 e. The summed E-state index contributed by atoms with van der Waals surface area (Å²) in [5.74, 6) is 0.0101. The molecule has 2 aromatic rings. The summed E-state index contributed by atoms with van der Waals surface area (Å²) in [6.07, 6.45) is 5.80. The molecule has 3 aliphatic rings. The lowest BCUT2D eigenvalue weighted by molar-refractivity contribution is -0.124. The van der Waals surface area contributed by atoms with Gasteiger partial charge in [0.2, 0.25) is 5.91 Å². The van der Waals surface area contributed by atoms with Gasteiger partial charge in [-0.2, -0.15) is 0 Å². The van der Waals surface area contributed by atoms with E-state index in [-0.39, 0.29) is 28.8 Å². The Morgan fingerprint density at radius 3 is 2.50 bits per heavy atom. The molecular weight excluding hydrogens is 417 g/mol. The molecule has 158 valence electrons. The smallest absolute Gasteiger partial charge is 0.237 e. The maximum absolute atomic E-state index is 14.0. The van der Waals surface area contributed by atoms with Crippen molar-refractivity contribution in [2.75, 3.05) is 5.32 Å². The standard InChI is InChI=1S/C24H27Cl2N3O/c1-14-20(15-6-11-27-19(26)12-15)24(23(29-14)9-7-22(2,3)8-10-23)17-5-4-16(25)13-18(17)28-21(24)30/h4-6,11-14,20,29H,7-10H2,1-3H3,(H,28,30)/t14-,20+,24+/m0/s1. The number of nitrogens with zero attached hydrogens (tertiary/aromatic N) is 1. The van der Waals surface area contributed by atoms with E-state index < -0.39 is 5.41 Å². The molecule has 2 spiro atoms. The van der Waals surface area contributed by atoms with Crippen molar-refractivity contribution in [3.8, 4) is 0 Å². The molecule has 3 heterocycles. The van der Waals surface area contributed by atoms with Crippen LogP contribution < -0.4 is 10.6 Å². The lowest BCUT2D eigenvalue weighted by atomic mass is 9.53. The van der Waals surface area contributed by atoms with E-state index in [9.17, 15) is 4.79 Å². The lowest BCUT2D eigenvalue weighted by Crippen LogP contribution is -2.61. The summed E-state index contributed by atoms with van der Waals surface area (Å²) < 4.78 is 0. The van der Waals surface area contributed by atoms with E-state index in [1.54, 1.807) is 6.20 Å². The van der Waals surface area contributed by atoms with Crippen LogP contribution in [0.5, 0.6) is 0 Å². The van der Waals surface area contributed by atoms with Gasteiger partial charge in [-0.3, -0.25) is 4.79 Å². The monoisotopic (exact) mass is 443 g/mol. The molecule has 5 rings (SSSR count). The first kappa shape index (κ1) is 20.3. The fourth-order valence-electron chi connectivity index (χ4n) is 6.44. The van der Waals surface area contributed by atoms with Crippen molar-refractivity contribution in [3.63, 3.8) is 0 Å². The van der Waals surface area contributed by atoms with E-state index in [2.05, 4.69) is 36.4 Å². The molecule has 30 heavy (non-hydrogen) atoms. The Balaban J connectivity index is 1.76. The van der Waals surface area contributed by atoms with Gasteiger partial charge in [-0.25, -0.2) is 4.98 Å². The van der Waals surface area contributed by atoms with Crippen molar-refractivity contribution < 1.29 is 4.79 Å². The second-order valence-corrected chi connectivity index (χ2v) is 10.8. The molecule has 1 saturated carbocycles. The maximum Gasteiger partial charge on any atom is 0.237 e. The molecule has 2 N–H and O–H groups in total. The Kier molecular flexibility index (Phi) is 4.52. The molecule has 1 amide bonds. The summed E-state index contributed by atoms with van der Waals surface area (Å²) in [5.41, 5.74) is 2.19. The number of anilines is 1. The number of benzene rings is 1. The Labute approximate surface area is 187 Å². The minimum Gasteiger partial charge on any atom is -0.325 e. The molecule has 3 atom stereocenters. The molecule has 6 heteroatoms. The summed E-state index contributed by atoms with van der Waals surface area (Å²) in [7, 11) is 0. The SMILES string of the molecule is C[C@@H]1NC2(CCC(C)(C)CC2)[C@@]2(C(=O)Nc3cc(Cl)ccc32)[C@H]1c1ccnc(Cl)c1. The van der Waals surface area contributed by atoms with Gasteiger partial charge in [0.15, 0.2) is 0 Å². The Bertz CT molecular complexity index is 1030. The first-order valence-electron chi connectivity index (χ1n) is 10.7. The highest BCUT2D eigenvalue weighted by molar-refractivity contribution is 6.31. The summed E-state index contributed by atoms with van der Waals surface area (Å²) in [5, 5.41) is 8.21. The molecule has 1 aromatic heterocycles. The van der Waals surface area contributed by atoms with Crippen molar-refractivity contribution in [2.24, 2.45) is 5.41 Å². The molecule has 0 unspecified atom stereocenters. The average molecular weight is 444 g/mol. The Morgan fingerprint density at radius 1 is 1.07 bits per heavy atom. The second-order valence-electron chi connectivity index (χ2n) is 10.0. The van der Waals surface area contributed by atoms with Gasteiger partial charge in [0.05, 0.1) is 0 Å². The van der Waals surface area contributed by atoms with E-state index in [1.807, 2.05) is 30.3 Å². The van der Waals surface area contributed by atoms with Crippen LogP contribution in [0.15, 0.2) is 36.5 Å². The van der Waals surface area contributed by atoms with Gasteiger partial charge in [-0.1, -0.05) is 43.1 Å². The first-order chi connectivity index (χ1) is 14.2.